The van der Waals surface area contributed by atoms with Crippen LogP contribution in [-0.4, -0.2) is 0 Å². The monoisotopic (exact) mass is 718 g/mol. The number of rotatable bonds is 6. The first-order valence-corrected chi connectivity index (χ1v) is 19.6. The fourth-order valence-corrected chi connectivity index (χ4v) is 9.88. The minimum atomic E-state index is 1.12. The molecule has 258 valence electrons. The van der Waals surface area contributed by atoms with E-state index in [0.717, 1.165) is 22.7 Å². The van der Waals surface area contributed by atoms with E-state index in [9.17, 15) is 0 Å². The van der Waals surface area contributed by atoms with E-state index in [1.165, 1.54) is 74.6 Å². The molecule has 0 fully saturated rings. The molecule has 0 unspecified atom stereocenters. The average Bonchev–Trinajstić information content (AvgIpc) is 3.67. The summed E-state index contributed by atoms with van der Waals surface area (Å²) in [7, 11) is 0. The van der Waals surface area contributed by atoms with Gasteiger partial charge in [0.25, 0.3) is 0 Å². The van der Waals surface area contributed by atoms with Crippen LogP contribution in [0.2, 0.25) is 0 Å². The van der Waals surface area contributed by atoms with Crippen molar-refractivity contribution in [1.29, 1.82) is 0 Å². The lowest BCUT2D eigenvalue weighted by atomic mass is 9.97. The second-order valence-electron chi connectivity index (χ2n) is 14.1. The Bertz CT molecular complexity index is 2990. The molecule has 0 N–H and O–H groups in total. The molecule has 55 heavy (non-hydrogen) atoms. The summed E-state index contributed by atoms with van der Waals surface area (Å²) in [5, 5.41) is 12.4. The number of fused-ring (bicyclic) bond motifs is 9. The van der Waals surface area contributed by atoms with Crippen molar-refractivity contribution in [2.24, 2.45) is 0 Å². The first kappa shape index (κ1) is 31.6. The Morgan fingerprint density at radius 1 is 0.273 bits per heavy atom. The molecule has 10 aromatic carbocycles. The number of hydrogen-bond donors (Lipinski definition) is 0. The summed E-state index contributed by atoms with van der Waals surface area (Å²) in [6.45, 7) is 0. The van der Waals surface area contributed by atoms with E-state index in [0.29, 0.717) is 0 Å². The van der Waals surface area contributed by atoms with E-state index in [-0.39, 0.29) is 0 Å². The quantitative estimate of drug-likeness (QED) is 0.169. The van der Waals surface area contributed by atoms with Gasteiger partial charge in [0, 0.05) is 32.9 Å². The summed E-state index contributed by atoms with van der Waals surface area (Å²) in [5.41, 5.74) is 6.90. The third kappa shape index (κ3) is 5.09. The highest BCUT2D eigenvalue weighted by Gasteiger charge is 2.26. The summed E-state index contributed by atoms with van der Waals surface area (Å²) < 4.78 is 2.52. The summed E-state index contributed by atoms with van der Waals surface area (Å²) in [5.74, 6) is 0. The molecule has 0 amide bonds. The Morgan fingerprint density at radius 3 is 1.05 bits per heavy atom. The van der Waals surface area contributed by atoms with Crippen molar-refractivity contribution in [2.75, 3.05) is 9.80 Å². The molecule has 2 nitrogen and oxygen atoms in total. The van der Waals surface area contributed by atoms with Crippen molar-refractivity contribution in [3.8, 4) is 0 Å². The van der Waals surface area contributed by atoms with E-state index >= 15 is 0 Å². The molecule has 0 spiro atoms. The van der Waals surface area contributed by atoms with Crippen LogP contribution in [-0.2, 0) is 0 Å². The maximum Gasteiger partial charge on any atom is 0.0647 e. The number of hydrogen-bond acceptors (Lipinski definition) is 3. The minimum Gasteiger partial charge on any atom is -0.308 e. The molecule has 0 radical (unpaired) electrons. The van der Waals surface area contributed by atoms with Crippen molar-refractivity contribution in [3.63, 3.8) is 0 Å². The third-order valence-corrected chi connectivity index (χ3v) is 12.2. The van der Waals surface area contributed by atoms with Crippen molar-refractivity contribution in [1.82, 2.24) is 0 Å². The first-order chi connectivity index (χ1) is 27.3. The van der Waals surface area contributed by atoms with Crippen LogP contribution in [0.15, 0.2) is 206 Å². The highest BCUT2D eigenvalue weighted by molar-refractivity contribution is 7.27. The van der Waals surface area contributed by atoms with Gasteiger partial charge in [-0.3, -0.25) is 0 Å². The van der Waals surface area contributed by atoms with Gasteiger partial charge in [-0.05, 0) is 80.8 Å². The maximum absolute atomic E-state index is 2.48. The Balaban J connectivity index is 1.32. The van der Waals surface area contributed by atoms with Gasteiger partial charge in [0.1, 0.15) is 0 Å². The van der Waals surface area contributed by atoms with Crippen molar-refractivity contribution in [2.45, 2.75) is 0 Å². The SMILES string of the molecule is c1ccc(N(c2cccc3ccccc23)c2cc3ccccc3c3c2sc2c(N(c4ccccc4)c4cccc5ccccc45)cc4ccccc4c23)cc1. The van der Waals surface area contributed by atoms with E-state index < -0.39 is 0 Å². The van der Waals surface area contributed by atoms with Gasteiger partial charge in [-0.2, -0.15) is 0 Å². The molecule has 0 aliphatic carbocycles. The Kier molecular flexibility index (Phi) is 7.39. The molecule has 1 aromatic heterocycles. The van der Waals surface area contributed by atoms with E-state index in [2.05, 4.69) is 216 Å². The smallest absolute Gasteiger partial charge is 0.0647 e. The molecule has 11 rings (SSSR count). The molecule has 0 bridgehead atoms. The van der Waals surface area contributed by atoms with Crippen LogP contribution in [0.5, 0.6) is 0 Å². The predicted molar refractivity (Wildman–Crippen MR) is 239 cm³/mol. The fourth-order valence-electron chi connectivity index (χ4n) is 8.54. The van der Waals surface area contributed by atoms with Crippen LogP contribution >= 0.6 is 11.3 Å². The molecular weight excluding hydrogens is 685 g/mol. The first-order valence-electron chi connectivity index (χ1n) is 18.8. The highest BCUT2D eigenvalue weighted by atomic mass is 32.1. The lowest BCUT2D eigenvalue weighted by Gasteiger charge is -2.28. The van der Waals surface area contributed by atoms with Crippen LogP contribution in [0.1, 0.15) is 0 Å². The second-order valence-corrected chi connectivity index (χ2v) is 15.1. The Hall–Kier alpha value is -6.94. The topological polar surface area (TPSA) is 6.48 Å². The Morgan fingerprint density at radius 2 is 0.618 bits per heavy atom. The van der Waals surface area contributed by atoms with Gasteiger partial charge in [-0.15, -0.1) is 11.3 Å². The summed E-state index contributed by atoms with van der Waals surface area (Å²) in [4.78, 5) is 4.96. The molecular formula is C52H34N2S. The molecule has 0 aliphatic rings. The van der Waals surface area contributed by atoms with Crippen LogP contribution in [0.25, 0.3) is 63.3 Å². The zero-order valence-corrected chi connectivity index (χ0v) is 30.7. The standard InChI is InChI=1S/C52H34N2S/c1-3-23-39(24-4-1)53(45-31-15-21-35-17-7-11-27-41(35)45)47-33-37-19-9-13-29-43(37)49-50-44-30-14-10-20-38(44)34-48(52(50)55-51(47)49)54(40-25-5-2-6-26-40)46-32-16-22-36-18-8-12-28-42(36)46/h1-34H. The minimum absolute atomic E-state index is 1.12. The molecule has 11 aromatic rings. The summed E-state index contributed by atoms with van der Waals surface area (Å²) >= 11 is 1.91. The van der Waals surface area contributed by atoms with Crippen molar-refractivity contribution < 1.29 is 0 Å². The van der Waals surface area contributed by atoms with E-state index in [1.807, 2.05) is 11.3 Å². The molecule has 0 aliphatic heterocycles. The van der Waals surface area contributed by atoms with Crippen LogP contribution < -0.4 is 9.80 Å². The molecule has 0 saturated carbocycles. The van der Waals surface area contributed by atoms with Gasteiger partial charge in [0.15, 0.2) is 0 Å². The van der Waals surface area contributed by atoms with E-state index in [4.69, 9.17) is 0 Å². The largest absolute Gasteiger partial charge is 0.308 e. The van der Waals surface area contributed by atoms with Gasteiger partial charge in [-0.1, -0.05) is 158 Å². The van der Waals surface area contributed by atoms with Crippen LogP contribution in [0.4, 0.5) is 34.1 Å². The average molecular weight is 719 g/mol. The Labute approximate surface area is 323 Å². The second kappa shape index (κ2) is 12.9. The molecule has 0 atom stereocenters. The molecule has 3 heteroatoms. The van der Waals surface area contributed by atoms with Gasteiger partial charge in [0.05, 0.1) is 32.1 Å². The summed E-state index contributed by atoms with van der Waals surface area (Å²) in [6, 6.07) is 75.1. The molecule has 1 heterocycles. The number of nitrogens with zero attached hydrogens (tertiary/aromatic N) is 2. The molecule has 0 saturated heterocycles. The number of anilines is 6. The van der Waals surface area contributed by atoms with Gasteiger partial charge < -0.3 is 9.80 Å². The predicted octanol–water partition coefficient (Wildman–Crippen LogP) is 15.6. The van der Waals surface area contributed by atoms with Crippen LogP contribution in [0.3, 0.4) is 0 Å². The zero-order chi connectivity index (χ0) is 36.3. The van der Waals surface area contributed by atoms with Crippen molar-refractivity contribution >= 4 is 109 Å². The van der Waals surface area contributed by atoms with Gasteiger partial charge >= 0.3 is 0 Å². The number of thiophene rings is 1. The zero-order valence-electron chi connectivity index (χ0n) is 29.9. The lowest BCUT2D eigenvalue weighted by Crippen LogP contribution is -2.10. The maximum atomic E-state index is 2.48. The highest BCUT2D eigenvalue weighted by Crippen LogP contribution is 2.54. The van der Waals surface area contributed by atoms with Gasteiger partial charge in [0.2, 0.25) is 0 Å². The third-order valence-electron chi connectivity index (χ3n) is 10.9. The number of benzene rings is 10. The normalized spacial score (nSPS) is 11.6. The van der Waals surface area contributed by atoms with Crippen LogP contribution in [0, 0.1) is 0 Å². The van der Waals surface area contributed by atoms with Crippen molar-refractivity contribution in [3.05, 3.63) is 206 Å². The number of para-hydroxylation sites is 2. The summed E-state index contributed by atoms with van der Waals surface area (Å²) in [6.07, 6.45) is 0. The van der Waals surface area contributed by atoms with E-state index in [1.54, 1.807) is 0 Å². The van der Waals surface area contributed by atoms with Gasteiger partial charge in [-0.25, -0.2) is 0 Å². The lowest BCUT2D eigenvalue weighted by molar-refractivity contribution is 1.32. The fraction of sp³-hybridized carbons (Fsp3) is 0.